The van der Waals surface area contributed by atoms with E-state index in [0.717, 1.165) is 15.8 Å². The van der Waals surface area contributed by atoms with E-state index < -0.39 is 5.82 Å². The van der Waals surface area contributed by atoms with Gasteiger partial charge < -0.3 is 11.5 Å². The zero-order valence-corrected chi connectivity index (χ0v) is 11.9. The molecule has 1 aromatic heterocycles. The molecule has 0 saturated carbocycles. The molecule has 0 bridgehead atoms. The van der Waals surface area contributed by atoms with Crippen LogP contribution in [0.5, 0.6) is 0 Å². The number of aromatic nitrogens is 2. The molecule has 0 spiro atoms. The number of nitrogens with zero attached hydrogens (tertiary/aromatic N) is 2. The molecule has 4 N–H and O–H groups in total. The smallest absolute Gasteiger partial charge is 0.147 e. The predicted octanol–water partition coefficient (Wildman–Crippen LogP) is 3.23. The summed E-state index contributed by atoms with van der Waals surface area (Å²) in [5, 5.41) is 0.838. The fourth-order valence-electron chi connectivity index (χ4n) is 1.96. The molecule has 2 aromatic carbocycles. The second-order valence-electron chi connectivity index (χ2n) is 4.51. The molecule has 4 nitrogen and oxygen atoms in total. The van der Waals surface area contributed by atoms with E-state index in [2.05, 4.69) is 9.97 Å². The molecule has 0 aliphatic rings. The Balaban J connectivity index is 1.83. The maximum absolute atomic E-state index is 13.4. The van der Waals surface area contributed by atoms with Gasteiger partial charge in [-0.3, -0.25) is 0 Å². The second kappa shape index (κ2) is 5.57. The van der Waals surface area contributed by atoms with Crippen LogP contribution in [0.25, 0.3) is 10.9 Å². The molecule has 0 unspecified atom stereocenters. The van der Waals surface area contributed by atoms with E-state index in [-0.39, 0.29) is 5.69 Å². The SMILES string of the molecule is Nc1ccc(SCc2nc(N)c3ccccc3n2)cc1F. The van der Waals surface area contributed by atoms with E-state index in [1.165, 1.54) is 17.8 Å². The lowest BCUT2D eigenvalue weighted by atomic mass is 10.2. The first-order valence-corrected chi connectivity index (χ1v) is 7.31. The van der Waals surface area contributed by atoms with Gasteiger partial charge in [0.15, 0.2) is 0 Å². The summed E-state index contributed by atoms with van der Waals surface area (Å²) in [6, 6.07) is 12.3. The van der Waals surface area contributed by atoms with Crippen molar-refractivity contribution in [2.24, 2.45) is 0 Å². The highest BCUT2D eigenvalue weighted by Gasteiger charge is 2.06. The molecule has 0 amide bonds. The molecule has 106 valence electrons. The number of para-hydroxylation sites is 1. The van der Waals surface area contributed by atoms with Gasteiger partial charge >= 0.3 is 0 Å². The minimum atomic E-state index is -0.418. The highest BCUT2D eigenvalue weighted by Crippen LogP contribution is 2.26. The number of thioether (sulfide) groups is 1. The summed E-state index contributed by atoms with van der Waals surface area (Å²) in [5.41, 5.74) is 12.3. The standard InChI is InChI=1S/C15H13FN4S/c16-11-7-9(5-6-12(11)17)21-8-14-19-13-4-2-1-3-10(13)15(18)20-14/h1-7H,8,17H2,(H2,18,19,20). The Bertz CT molecular complexity index is 807. The summed E-state index contributed by atoms with van der Waals surface area (Å²) in [6.07, 6.45) is 0. The third-order valence-electron chi connectivity index (χ3n) is 3.02. The van der Waals surface area contributed by atoms with Crippen LogP contribution >= 0.6 is 11.8 Å². The lowest BCUT2D eigenvalue weighted by Gasteiger charge is -2.06. The molecular weight excluding hydrogens is 287 g/mol. The Morgan fingerprint density at radius 3 is 2.67 bits per heavy atom. The van der Waals surface area contributed by atoms with Crippen LogP contribution in [0.4, 0.5) is 15.9 Å². The van der Waals surface area contributed by atoms with E-state index in [1.54, 1.807) is 12.1 Å². The highest BCUT2D eigenvalue weighted by molar-refractivity contribution is 7.98. The van der Waals surface area contributed by atoms with E-state index in [4.69, 9.17) is 11.5 Å². The Hall–Kier alpha value is -2.34. The zero-order chi connectivity index (χ0) is 14.8. The first-order chi connectivity index (χ1) is 10.1. The molecule has 6 heteroatoms. The average molecular weight is 300 g/mol. The van der Waals surface area contributed by atoms with Crippen LogP contribution < -0.4 is 11.5 Å². The summed E-state index contributed by atoms with van der Waals surface area (Å²) in [6.45, 7) is 0. The molecule has 0 aliphatic carbocycles. The van der Waals surface area contributed by atoms with Crippen molar-refractivity contribution in [3.05, 3.63) is 54.1 Å². The quantitative estimate of drug-likeness (QED) is 0.573. The molecule has 0 atom stereocenters. The third kappa shape index (κ3) is 2.90. The van der Waals surface area contributed by atoms with Gasteiger partial charge in [-0.2, -0.15) is 0 Å². The number of hydrogen-bond acceptors (Lipinski definition) is 5. The molecule has 0 aliphatic heterocycles. The summed E-state index contributed by atoms with van der Waals surface area (Å²) in [7, 11) is 0. The van der Waals surface area contributed by atoms with Crippen molar-refractivity contribution in [2.45, 2.75) is 10.6 Å². The Morgan fingerprint density at radius 1 is 1.05 bits per heavy atom. The van der Waals surface area contributed by atoms with Gasteiger partial charge in [-0.05, 0) is 30.3 Å². The van der Waals surface area contributed by atoms with Gasteiger partial charge in [-0.15, -0.1) is 11.8 Å². The lowest BCUT2D eigenvalue weighted by Crippen LogP contribution is -2.00. The molecule has 21 heavy (non-hydrogen) atoms. The number of fused-ring (bicyclic) bond motifs is 1. The van der Waals surface area contributed by atoms with Crippen LogP contribution in [0.2, 0.25) is 0 Å². The minimum absolute atomic E-state index is 0.144. The Morgan fingerprint density at radius 2 is 1.86 bits per heavy atom. The number of halogens is 1. The van der Waals surface area contributed by atoms with Gasteiger partial charge in [0.1, 0.15) is 17.5 Å². The topological polar surface area (TPSA) is 77.8 Å². The molecule has 0 radical (unpaired) electrons. The van der Waals surface area contributed by atoms with E-state index in [9.17, 15) is 4.39 Å². The van der Waals surface area contributed by atoms with Crippen molar-refractivity contribution >= 4 is 34.2 Å². The van der Waals surface area contributed by atoms with Gasteiger partial charge in [0.05, 0.1) is 17.0 Å². The maximum atomic E-state index is 13.4. The van der Waals surface area contributed by atoms with Crippen LogP contribution in [-0.2, 0) is 5.75 Å². The number of nitrogens with two attached hydrogens (primary N) is 2. The molecular formula is C15H13FN4S. The second-order valence-corrected chi connectivity index (χ2v) is 5.56. The van der Waals surface area contributed by atoms with Crippen molar-refractivity contribution in [3.63, 3.8) is 0 Å². The van der Waals surface area contributed by atoms with Crippen LogP contribution in [0.1, 0.15) is 5.82 Å². The summed E-state index contributed by atoms with van der Waals surface area (Å²) in [4.78, 5) is 9.52. The van der Waals surface area contributed by atoms with Crippen molar-refractivity contribution in [1.82, 2.24) is 9.97 Å². The summed E-state index contributed by atoms with van der Waals surface area (Å²) >= 11 is 1.44. The van der Waals surface area contributed by atoms with Gasteiger partial charge in [-0.1, -0.05) is 12.1 Å². The van der Waals surface area contributed by atoms with Crippen molar-refractivity contribution in [1.29, 1.82) is 0 Å². The van der Waals surface area contributed by atoms with Crippen LogP contribution in [0, 0.1) is 5.82 Å². The van der Waals surface area contributed by atoms with Crippen LogP contribution in [0.15, 0.2) is 47.4 Å². The van der Waals surface area contributed by atoms with Gasteiger partial charge in [-0.25, -0.2) is 14.4 Å². The first-order valence-electron chi connectivity index (χ1n) is 6.32. The fourth-order valence-corrected chi connectivity index (χ4v) is 2.74. The van der Waals surface area contributed by atoms with E-state index >= 15 is 0 Å². The maximum Gasteiger partial charge on any atom is 0.147 e. The van der Waals surface area contributed by atoms with Crippen molar-refractivity contribution in [2.75, 3.05) is 11.5 Å². The first kappa shape index (κ1) is 13.6. The summed E-state index contributed by atoms with van der Waals surface area (Å²) < 4.78 is 13.4. The van der Waals surface area contributed by atoms with Crippen molar-refractivity contribution in [3.8, 4) is 0 Å². The number of nitrogen functional groups attached to an aromatic ring is 2. The van der Waals surface area contributed by atoms with Gasteiger partial charge in [0.2, 0.25) is 0 Å². The monoisotopic (exact) mass is 300 g/mol. The third-order valence-corrected chi connectivity index (χ3v) is 4.01. The number of rotatable bonds is 3. The number of anilines is 2. The van der Waals surface area contributed by atoms with Crippen molar-refractivity contribution < 1.29 is 4.39 Å². The normalized spacial score (nSPS) is 10.9. The number of benzene rings is 2. The minimum Gasteiger partial charge on any atom is -0.396 e. The molecule has 1 heterocycles. The van der Waals surface area contributed by atoms with E-state index in [0.29, 0.717) is 17.4 Å². The van der Waals surface area contributed by atoms with Crippen LogP contribution in [-0.4, -0.2) is 9.97 Å². The average Bonchev–Trinajstić information content (AvgIpc) is 2.49. The predicted molar refractivity (Wildman–Crippen MR) is 84.3 cm³/mol. The highest BCUT2D eigenvalue weighted by atomic mass is 32.2. The molecule has 3 rings (SSSR count). The largest absolute Gasteiger partial charge is 0.396 e. The van der Waals surface area contributed by atoms with Crippen LogP contribution in [0.3, 0.4) is 0 Å². The summed E-state index contributed by atoms with van der Waals surface area (Å²) in [5.74, 6) is 1.17. The zero-order valence-electron chi connectivity index (χ0n) is 11.1. The molecule has 0 saturated heterocycles. The Labute approximate surface area is 125 Å². The fraction of sp³-hybridized carbons (Fsp3) is 0.0667. The van der Waals surface area contributed by atoms with Gasteiger partial charge in [0, 0.05) is 10.3 Å². The number of hydrogen-bond donors (Lipinski definition) is 2. The van der Waals surface area contributed by atoms with Gasteiger partial charge in [0.25, 0.3) is 0 Å². The Kier molecular flexibility index (Phi) is 3.62. The molecule has 0 fully saturated rings. The molecule has 3 aromatic rings. The van der Waals surface area contributed by atoms with E-state index in [1.807, 2.05) is 24.3 Å². The lowest BCUT2D eigenvalue weighted by molar-refractivity contribution is 0.629.